The molecule has 2 heterocycles. The van der Waals surface area contributed by atoms with Gasteiger partial charge in [-0.05, 0) is 49.8 Å². The van der Waals surface area contributed by atoms with Gasteiger partial charge in [0.25, 0.3) is 0 Å². The molecule has 0 radical (unpaired) electrons. The van der Waals surface area contributed by atoms with Crippen LogP contribution >= 0.6 is 0 Å². The second-order valence-electron chi connectivity index (χ2n) is 12.1. The number of benzene rings is 1. The summed E-state index contributed by atoms with van der Waals surface area (Å²) in [6, 6.07) is 4.14. The highest BCUT2D eigenvalue weighted by Gasteiger charge is 2.32. The van der Waals surface area contributed by atoms with Gasteiger partial charge in [0.05, 0.1) is 20.2 Å². The predicted molar refractivity (Wildman–Crippen MR) is 165 cm³/mol. The highest BCUT2D eigenvalue weighted by molar-refractivity contribution is 5.94. The van der Waals surface area contributed by atoms with E-state index in [0.717, 1.165) is 5.56 Å². The first-order valence-corrected chi connectivity index (χ1v) is 15.3. The molecular weight excluding hydrogens is 564 g/mol. The molecule has 1 aromatic heterocycles. The minimum atomic E-state index is -0.986. The van der Waals surface area contributed by atoms with Gasteiger partial charge < -0.3 is 26.0 Å². The van der Waals surface area contributed by atoms with Gasteiger partial charge in [-0.3, -0.25) is 24.1 Å². The van der Waals surface area contributed by atoms with Crippen molar-refractivity contribution in [1.29, 1.82) is 0 Å². The molecule has 1 aliphatic heterocycles. The van der Waals surface area contributed by atoms with Crippen molar-refractivity contribution in [1.82, 2.24) is 40.9 Å². The van der Waals surface area contributed by atoms with Gasteiger partial charge in [-0.25, -0.2) is 9.67 Å². The molecule has 0 aliphatic carbocycles. The van der Waals surface area contributed by atoms with E-state index < -0.39 is 29.9 Å². The van der Waals surface area contributed by atoms with Gasteiger partial charge in [0.15, 0.2) is 0 Å². The Kier molecular flexibility index (Phi) is 12.7. The minimum absolute atomic E-state index is 0.0203. The van der Waals surface area contributed by atoms with Crippen molar-refractivity contribution >= 4 is 23.6 Å². The average molecular weight is 613 g/mol. The third kappa shape index (κ3) is 10.0. The molecular formula is C31H48N8O5. The molecule has 13 nitrogen and oxygen atoms in total. The van der Waals surface area contributed by atoms with Gasteiger partial charge in [0.2, 0.25) is 23.6 Å². The van der Waals surface area contributed by atoms with E-state index >= 15 is 0 Å². The molecule has 4 amide bonds. The quantitative estimate of drug-likeness (QED) is 0.327. The Morgan fingerprint density at radius 3 is 2.23 bits per heavy atom. The van der Waals surface area contributed by atoms with Gasteiger partial charge in [-0.15, -0.1) is 0 Å². The van der Waals surface area contributed by atoms with Crippen LogP contribution in [0, 0.1) is 11.8 Å². The van der Waals surface area contributed by atoms with Crippen LogP contribution in [0.25, 0.3) is 0 Å². The van der Waals surface area contributed by atoms with E-state index in [1.807, 2.05) is 51.7 Å². The van der Waals surface area contributed by atoms with E-state index in [9.17, 15) is 19.2 Å². The number of aromatic nitrogens is 3. The molecule has 4 N–H and O–H groups in total. The number of aryl methyl sites for hydroxylation is 1. The van der Waals surface area contributed by atoms with Crippen molar-refractivity contribution in [3.8, 4) is 5.75 Å². The molecule has 1 aliphatic rings. The molecule has 2 aromatic rings. The van der Waals surface area contributed by atoms with Gasteiger partial charge in [-0.1, -0.05) is 39.8 Å². The lowest BCUT2D eigenvalue weighted by Gasteiger charge is -2.31. The zero-order valence-electron chi connectivity index (χ0n) is 26.9. The summed E-state index contributed by atoms with van der Waals surface area (Å²) in [5, 5.41) is 15.9. The Balaban J connectivity index is 1.95. The average Bonchev–Trinajstić information content (AvgIpc) is 3.42. The predicted octanol–water partition coefficient (Wildman–Crippen LogP) is 1.03. The lowest BCUT2D eigenvalue weighted by Crippen LogP contribution is -2.57. The standard InChI is InChI=1S/C31H48N8O5/c1-8-39-27(32-18-33-39)16-38-15-26(20(4)5)37-29(41)21(6)34-30(42)25(14-22-9-11-23(44-7)12-10-22)36-31(43)24(13-19(2)3)35-28(40)17-38/h9-12,18-21,24-26H,8,13-17H2,1-7H3,(H,34,42)(H,35,40)(H,36,43)(H,37,41)/t21-,24+,25+,26-/m1/s1. The molecule has 0 bridgehead atoms. The Labute approximate surface area is 259 Å². The molecule has 44 heavy (non-hydrogen) atoms. The second-order valence-corrected chi connectivity index (χ2v) is 12.1. The van der Waals surface area contributed by atoms with Crippen LogP contribution in [0.4, 0.5) is 0 Å². The summed E-state index contributed by atoms with van der Waals surface area (Å²) in [6.45, 7) is 12.7. The number of amides is 4. The lowest BCUT2D eigenvalue weighted by molar-refractivity contribution is -0.133. The highest BCUT2D eigenvalue weighted by Crippen LogP contribution is 2.15. The number of hydrogen-bond donors (Lipinski definition) is 4. The Morgan fingerprint density at radius 1 is 0.932 bits per heavy atom. The number of ether oxygens (including phenoxy) is 1. The van der Waals surface area contributed by atoms with Crippen LogP contribution in [0.5, 0.6) is 5.75 Å². The molecule has 13 heteroatoms. The maximum absolute atomic E-state index is 13.6. The molecule has 4 atom stereocenters. The molecule has 1 saturated heterocycles. The van der Waals surface area contributed by atoms with Crippen LogP contribution in [0.15, 0.2) is 30.6 Å². The number of carbonyl (C=O) groups is 4. The summed E-state index contributed by atoms with van der Waals surface area (Å²) in [4.78, 5) is 60.3. The normalized spacial score (nSPS) is 22.9. The van der Waals surface area contributed by atoms with Crippen molar-refractivity contribution in [3.05, 3.63) is 42.0 Å². The lowest BCUT2D eigenvalue weighted by atomic mass is 10.0. The second kappa shape index (κ2) is 16.2. The highest BCUT2D eigenvalue weighted by atomic mass is 16.5. The third-order valence-electron chi connectivity index (χ3n) is 7.66. The van der Waals surface area contributed by atoms with E-state index in [1.54, 1.807) is 30.8 Å². The Bertz CT molecular complexity index is 1260. The zero-order chi connectivity index (χ0) is 32.4. The Morgan fingerprint density at radius 2 is 1.61 bits per heavy atom. The van der Waals surface area contributed by atoms with E-state index in [1.165, 1.54) is 6.33 Å². The van der Waals surface area contributed by atoms with Gasteiger partial charge >= 0.3 is 0 Å². The number of methoxy groups -OCH3 is 1. The van der Waals surface area contributed by atoms with Crippen LogP contribution in [-0.4, -0.2) is 87.7 Å². The summed E-state index contributed by atoms with van der Waals surface area (Å²) in [5.41, 5.74) is 0.793. The van der Waals surface area contributed by atoms with E-state index in [4.69, 9.17) is 4.74 Å². The van der Waals surface area contributed by atoms with Crippen molar-refractivity contribution in [2.24, 2.45) is 11.8 Å². The minimum Gasteiger partial charge on any atom is -0.497 e. The van der Waals surface area contributed by atoms with Gasteiger partial charge in [-0.2, -0.15) is 5.10 Å². The van der Waals surface area contributed by atoms with Crippen LogP contribution in [0.1, 0.15) is 59.4 Å². The van der Waals surface area contributed by atoms with E-state index in [0.29, 0.717) is 37.6 Å². The molecule has 0 saturated carbocycles. The zero-order valence-corrected chi connectivity index (χ0v) is 26.9. The SMILES string of the molecule is CCn1ncnc1CN1CC(=O)N[C@@H](CC(C)C)C(=O)N[C@@H](Cc2ccc(OC)cc2)C(=O)N[C@H](C)C(=O)N[C@@H](C(C)C)C1. The smallest absolute Gasteiger partial charge is 0.243 e. The molecule has 0 spiro atoms. The molecule has 3 rings (SSSR count). The molecule has 1 fully saturated rings. The largest absolute Gasteiger partial charge is 0.497 e. The van der Waals surface area contributed by atoms with Crippen molar-refractivity contribution < 1.29 is 23.9 Å². The summed E-state index contributed by atoms with van der Waals surface area (Å²) < 4.78 is 6.99. The monoisotopic (exact) mass is 612 g/mol. The molecule has 242 valence electrons. The van der Waals surface area contributed by atoms with Crippen LogP contribution in [0.2, 0.25) is 0 Å². The number of hydrogen-bond acceptors (Lipinski definition) is 8. The number of nitrogens with one attached hydrogen (secondary N) is 4. The fourth-order valence-electron chi connectivity index (χ4n) is 5.07. The van der Waals surface area contributed by atoms with Crippen molar-refractivity contribution in [3.63, 3.8) is 0 Å². The fraction of sp³-hybridized carbons (Fsp3) is 0.613. The first-order valence-electron chi connectivity index (χ1n) is 15.3. The first kappa shape index (κ1) is 34.5. The van der Waals surface area contributed by atoms with Crippen LogP contribution < -0.4 is 26.0 Å². The molecule has 1 aromatic carbocycles. The van der Waals surface area contributed by atoms with Crippen LogP contribution in [-0.2, 0) is 38.7 Å². The number of rotatable bonds is 9. The molecule has 0 unspecified atom stereocenters. The topological polar surface area (TPSA) is 160 Å². The fourth-order valence-corrected chi connectivity index (χ4v) is 5.07. The van der Waals surface area contributed by atoms with Crippen molar-refractivity contribution in [2.45, 2.75) is 91.6 Å². The van der Waals surface area contributed by atoms with Crippen molar-refractivity contribution in [2.75, 3.05) is 20.2 Å². The maximum Gasteiger partial charge on any atom is 0.243 e. The van der Waals surface area contributed by atoms with Gasteiger partial charge in [0, 0.05) is 25.6 Å². The van der Waals surface area contributed by atoms with Gasteiger partial charge in [0.1, 0.15) is 36.0 Å². The summed E-state index contributed by atoms with van der Waals surface area (Å²) in [5.74, 6) is -0.210. The Hall–Kier alpha value is -4.00. The van der Waals surface area contributed by atoms with Crippen LogP contribution in [0.3, 0.4) is 0 Å². The summed E-state index contributed by atoms with van der Waals surface area (Å²) >= 11 is 0. The maximum atomic E-state index is 13.6. The number of nitrogens with zero attached hydrogens (tertiary/aromatic N) is 4. The van der Waals surface area contributed by atoms with E-state index in [-0.39, 0.29) is 42.7 Å². The first-order chi connectivity index (χ1) is 20.9. The summed E-state index contributed by atoms with van der Waals surface area (Å²) in [7, 11) is 1.57. The summed E-state index contributed by atoms with van der Waals surface area (Å²) in [6.07, 6.45) is 2.03. The van der Waals surface area contributed by atoms with E-state index in [2.05, 4.69) is 31.3 Å². The number of carbonyl (C=O) groups excluding carboxylic acids is 4. The third-order valence-corrected chi connectivity index (χ3v) is 7.66.